The fraction of sp³-hybridized carbons (Fsp3) is 0.684. The Morgan fingerprint density at radius 2 is 1.68 bits per heavy atom. The van der Waals surface area contributed by atoms with Crippen LogP contribution >= 0.6 is 0 Å². The standard InChI is InChI=1S/C19H29N3O4S2/c23-27(24)13-7-19(16-27)28(25,26)22-11-9-21(10-12-22)18-6-8-20(15-18)14-17-4-2-1-3-5-17/h1-5,18-19H,6-16H2/t18-,19+/m0/s1. The van der Waals surface area contributed by atoms with E-state index in [1.165, 1.54) is 9.87 Å². The third-order valence-electron chi connectivity index (χ3n) is 6.26. The maximum Gasteiger partial charge on any atom is 0.218 e. The first-order chi connectivity index (χ1) is 13.3. The van der Waals surface area contributed by atoms with Gasteiger partial charge in [-0.1, -0.05) is 30.3 Å². The maximum absolute atomic E-state index is 12.8. The predicted octanol–water partition coefficient (Wildman–Crippen LogP) is 0.395. The number of sulfonamides is 1. The summed E-state index contributed by atoms with van der Waals surface area (Å²) in [6, 6.07) is 10.9. The van der Waals surface area contributed by atoms with Crippen molar-refractivity contribution in [3.05, 3.63) is 35.9 Å². The predicted molar refractivity (Wildman–Crippen MR) is 109 cm³/mol. The summed E-state index contributed by atoms with van der Waals surface area (Å²) in [5, 5.41) is -0.753. The van der Waals surface area contributed by atoms with Crippen LogP contribution in [0.1, 0.15) is 18.4 Å². The van der Waals surface area contributed by atoms with Crippen molar-refractivity contribution in [1.82, 2.24) is 14.1 Å². The molecule has 2 atom stereocenters. The van der Waals surface area contributed by atoms with E-state index in [9.17, 15) is 16.8 Å². The molecule has 4 rings (SSSR count). The Labute approximate surface area is 168 Å². The summed E-state index contributed by atoms with van der Waals surface area (Å²) >= 11 is 0. The lowest BCUT2D eigenvalue weighted by molar-refractivity contribution is 0.136. The van der Waals surface area contributed by atoms with E-state index in [4.69, 9.17) is 0 Å². The van der Waals surface area contributed by atoms with Crippen molar-refractivity contribution in [3.63, 3.8) is 0 Å². The molecular formula is C19H29N3O4S2. The van der Waals surface area contributed by atoms with Crippen LogP contribution in [0, 0.1) is 0 Å². The Morgan fingerprint density at radius 1 is 0.964 bits per heavy atom. The summed E-state index contributed by atoms with van der Waals surface area (Å²) in [7, 11) is -6.71. The number of hydrogen-bond donors (Lipinski definition) is 0. The molecule has 0 spiro atoms. The molecule has 28 heavy (non-hydrogen) atoms. The summed E-state index contributed by atoms with van der Waals surface area (Å²) in [5.74, 6) is -0.219. The summed E-state index contributed by atoms with van der Waals surface area (Å²) < 4.78 is 50.4. The van der Waals surface area contributed by atoms with Gasteiger partial charge in [0, 0.05) is 51.9 Å². The average molecular weight is 428 g/mol. The van der Waals surface area contributed by atoms with Gasteiger partial charge in [0.15, 0.2) is 9.84 Å². The number of benzene rings is 1. The average Bonchev–Trinajstić information content (AvgIpc) is 3.29. The van der Waals surface area contributed by atoms with Crippen molar-refractivity contribution in [3.8, 4) is 0 Å². The van der Waals surface area contributed by atoms with Crippen molar-refractivity contribution in [2.75, 3.05) is 50.8 Å². The number of nitrogens with zero attached hydrogens (tertiary/aromatic N) is 3. The zero-order valence-electron chi connectivity index (χ0n) is 16.1. The van der Waals surface area contributed by atoms with Gasteiger partial charge in [-0.25, -0.2) is 16.8 Å². The third-order valence-corrected chi connectivity index (χ3v) is 10.6. The van der Waals surface area contributed by atoms with Gasteiger partial charge in [0.25, 0.3) is 0 Å². The smallest absolute Gasteiger partial charge is 0.218 e. The van der Waals surface area contributed by atoms with Crippen LogP contribution in [-0.2, 0) is 26.4 Å². The Kier molecular flexibility index (Phi) is 5.81. The molecule has 0 aliphatic carbocycles. The maximum atomic E-state index is 12.8. The molecule has 3 fully saturated rings. The Hall–Kier alpha value is -1.00. The molecule has 0 aromatic heterocycles. The van der Waals surface area contributed by atoms with E-state index in [0.717, 1.165) is 39.1 Å². The van der Waals surface area contributed by atoms with E-state index < -0.39 is 25.1 Å². The molecule has 3 aliphatic rings. The van der Waals surface area contributed by atoms with E-state index in [1.807, 2.05) is 6.07 Å². The second-order valence-electron chi connectivity index (χ2n) is 8.17. The number of hydrogen-bond acceptors (Lipinski definition) is 6. The van der Waals surface area contributed by atoms with Gasteiger partial charge in [-0.15, -0.1) is 0 Å². The topological polar surface area (TPSA) is 78.0 Å². The fourth-order valence-corrected chi connectivity index (χ4v) is 9.14. The quantitative estimate of drug-likeness (QED) is 0.677. The van der Waals surface area contributed by atoms with Crippen LogP contribution in [0.4, 0.5) is 0 Å². The SMILES string of the molecule is O=S1(=O)CC[C@@H](S(=O)(=O)N2CCN([C@H]3CCN(Cc4ccccc4)C3)CC2)C1. The lowest BCUT2D eigenvalue weighted by atomic mass is 10.2. The molecule has 1 aromatic rings. The first-order valence-electron chi connectivity index (χ1n) is 10.0. The van der Waals surface area contributed by atoms with Crippen molar-refractivity contribution in [2.45, 2.75) is 30.7 Å². The highest BCUT2D eigenvalue weighted by molar-refractivity contribution is 7.95. The van der Waals surface area contributed by atoms with Crippen molar-refractivity contribution < 1.29 is 16.8 Å². The van der Waals surface area contributed by atoms with Crippen molar-refractivity contribution >= 4 is 19.9 Å². The minimum absolute atomic E-state index is 0.00378. The zero-order valence-corrected chi connectivity index (χ0v) is 17.7. The molecule has 7 nitrogen and oxygen atoms in total. The van der Waals surface area contributed by atoms with Crippen molar-refractivity contribution in [1.29, 1.82) is 0 Å². The minimum Gasteiger partial charge on any atom is -0.297 e. The van der Waals surface area contributed by atoms with Crippen molar-refractivity contribution in [2.24, 2.45) is 0 Å². The number of rotatable bonds is 5. The van der Waals surface area contributed by atoms with Crippen LogP contribution in [0.3, 0.4) is 0 Å². The highest BCUT2D eigenvalue weighted by atomic mass is 32.2. The molecule has 3 saturated heterocycles. The van der Waals surface area contributed by atoms with Gasteiger partial charge in [-0.3, -0.25) is 9.80 Å². The molecule has 9 heteroatoms. The molecule has 0 unspecified atom stereocenters. The van der Waals surface area contributed by atoms with E-state index in [2.05, 4.69) is 34.1 Å². The molecule has 0 amide bonds. The highest BCUT2D eigenvalue weighted by Crippen LogP contribution is 2.25. The molecule has 3 aliphatic heterocycles. The molecule has 0 radical (unpaired) electrons. The Morgan fingerprint density at radius 3 is 2.32 bits per heavy atom. The zero-order chi connectivity index (χ0) is 19.8. The van der Waals surface area contributed by atoms with Gasteiger partial charge in [-0.05, 0) is 18.4 Å². The number of likely N-dealkylation sites (tertiary alicyclic amines) is 1. The molecule has 0 saturated carbocycles. The first kappa shape index (κ1) is 20.3. The normalized spacial score (nSPS) is 30.0. The van der Waals surface area contributed by atoms with E-state index in [0.29, 0.717) is 19.1 Å². The lowest BCUT2D eigenvalue weighted by Gasteiger charge is -2.38. The molecule has 1 aromatic carbocycles. The van der Waals surface area contributed by atoms with Crippen LogP contribution < -0.4 is 0 Å². The highest BCUT2D eigenvalue weighted by Gasteiger charge is 2.42. The minimum atomic E-state index is -3.51. The van der Waals surface area contributed by atoms with Crippen LogP contribution in [0.15, 0.2) is 30.3 Å². The van der Waals surface area contributed by atoms with Crippen LogP contribution in [0.2, 0.25) is 0 Å². The van der Waals surface area contributed by atoms with Crippen LogP contribution in [-0.4, -0.2) is 93.0 Å². The van der Waals surface area contributed by atoms with E-state index in [-0.39, 0.29) is 17.9 Å². The first-order valence-corrected chi connectivity index (χ1v) is 13.4. The summed E-state index contributed by atoms with van der Waals surface area (Å²) in [5.41, 5.74) is 1.32. The monoisotopic (exact) mass is 427 g/mol. The number of piperazine rings is 1. The van der Waals surface area contributed by atoms with Gasteiger partial charge in [0.1, 0.15) is 0 Å². The van der Waals surface area contributed by atoms with Gasteiger partial charge in [0.05, 0.1) is 16.8 Å². The molecular weight excluding hydrogens is 398 g/mol. The molecule has 0 bridgehead atoms. The third kappa shape index (κ3) is 4.43. The van der Waals surface area contributed by atoms with Gasteiger partial charge >= 0.3 is 0 Å². The fourth-order valence-electron chi connectivity index (χ4n) is 4.63. The largest absolute Gasteiger partial charge is 0.297 e. The van der Waals surface area contributed by atoms with Crippen LogP contribution in [0.25, 0.3) is 0 Å². The van der Waals surface area contributed by atoms with E-state index >= 15 is 0 Å². The van der Waals surface area contributed by atoms with Crippen LogP contribution in [0.5, 0.6) is 0 Å². The second-order valence-corrected chi connectivity index (χ2v) is 12.6. The van der Waals surface area contributed by atoms with Gasteiger partial charge in [0.2, 0.25) is 10.0 Å². The van der Waals surface area contributed by atoms with Gasteiger partial charge in [-0.2, -0.15) is 4.31 Å². The molecule has 3 heterocycles. The Balaban J connectivity index is 1.29. The van der Waals surface area contributed by atoms with Gasteiger partial charge < -0.3 is 0 Å². The lowest BCUT2D eigenvalue weighted by Crippen LogP contribution is -2.54. The molecule has 0 N–H and O–H groups in total. The summed E-state index contributed by atoms with van der Waals surface area (Å²) in [6.07, 6.45) is 1.35. The summed E-state index contributed by atoms with van der Waals surface area (Å²) in [6.45, 7) is 5.43. The second kappa shape index (κ2) is 8.02. The summed E-state index contributed by atoms with van der Waals surface area (Å²) in [4.78, 5) is 4.87. The number of sulfone groups is 1. The Bertz CT molecular complexity index is 881. The molecule has 156 valence electrons. The van der Waals surface area contributed by atoms with E-state index in [1.54, 1.807) is 0 Å².